The minimum absolute atomic E-state index is 0.0330. The molecule has 0 aliphatic carbocycles. The second-order valence-electron chi connectivity index (χ2n) is 19.8. The molecule has 9 atom stereocenters. The van der Waals surface area contributed by atoms with Crippen molar-refractivity contribution in [3.63, 3.8) is 0 Å². The van der Waals surface area contributed by atoms with Crippen molar-refractivity contribution in [1.29, 1.82) is 0 Å². The Hall–Kier alpha value is -6.08. The molecule has 1 aromatic carbocycles. The lowest BCUT2D eigenvalue weighted by Crippen LogP contribution is -2.60. The highest BCUT2D eigenvalue weighted by Gasteiger charge is 2.43. The number of hydrogen-bond acceptors (Lipinski definition) is 12. The Morgan fingerprint density at radius 2 is 1.26 bits per heavy atom. The lowest BCUT2D eigenvalue weighted by Gasteiger charge is -2.37. The number of rotatable bonds is 9. The van der Waals surface area contributed by atoms with Crippen LogP contribution in [0.5, 0.6) is 5.75 Å². The molecule has 1 aliphatic heterocycles. The SMILES string of the molecule is CC[C@@H](C)[C@@H]1OC(=O)[C@@H](C)[C@@H](CC)NC(=O)[C@H](C)NC(=O)C(C)(C)C(=O)[C@@H](C)NC(=O)[C@H](Cc2ccc(OC)cc2)N(C)C(=O)[C@H](C(C)C)N(C)C(=O)CNC(=O)[C@H](CC(C)C)N(C)C(=O)CNC1=O. The van der Waals surface area contributed by atoms with E-state index in [1.54, 1.807) is 58.9 Å². The molecular formula is C50H80N8O12. The first-order valence-corrected chi connectivity index (χ1v) is 24.2. The first-order chi connectivity index (χ1) is 32.5. The van der Waals surface area contributed by atoms with Crippen LogP contribution in [0.1, 0.15) is 108 Å². The van der Waals surface area contributed by atoms with Gasteiger partial charge < -0.3 is 50.8 Å². The highest BCUT2D eigenvalue weighted by atomic mass is 16.5. The van der Waals surface area contributed by atoms with Crippen molar-refractivity contribution in [2.45, 2.75) is 151 Å². The van der Waals surface area contributed by atoms with E-state index < -0.39 is 138 Å². The fourth-order valence-corrected chi connectivity index (χ4v) is 8.06. The zero-order chi connectivity index (χ0) is 53.5. The summed E-state index contributed by atoms with van der Waals surface area (Å²) in [6, 6.07) is 0.0574. The van der Waals surface area contributed by atoms with Gasteiger partial charge in [-0.3, -0.25) is 47.9 Å². The van der Waals surface area contributed by atoms with E-state index >= 15 is 0 Å². The van der Waals surface area contributed by atoms with Gasteiger partial charge in [-0.1, -0.05) is 60.6 Å². The molecule has 392 valence electrons. The largest absolute Gasteiger partial charge is 0.497 e. The number of carbonyl (C=O) groups is 10. The summed E-state index contributed by atoms with van der Waals surface area (Å²) in [4.78, 5) is 142. The predicted molar refractivity (Wildman–Crippen MR) is 261 cm³/mol. The number of ketones is 1. The van der Waals surface area contributed by atoms with Crippen molar-refractivity contribution < 1.29 is 57.4 Å². The van der Waals surface area contributed by atoms with Gasteiger partial charge in [0.15, 0.2) is 11.9 Å². The summed E-state index contributed by atoms with van der Waals surface area (Å²) in [5.41, 5.74) is -1.16. The van der Waals surface area contributed by atoms with Gasteiger partial charge in [0.2, 0.25) is 41.4 Å². The number of esters is 1. The Kier molecular flexibility index (Phi) is 23.0. The predicted octanol–water partition coefficient (Wildman–Crippen LogP) is 1.76. The summed E-state index contributed by atoms with van der Waals surface area (Å²) in [5, 5.41) is 13.2. The molecule has 8 amide bonds. The Morgan fingerprint density at radius 1 is 0.700 bits per heavy atom. The van der Waals surface area contributed by atoms with Crippen LogP contribution in [0.2, 0.25) is 0 Å². The molecule has 1 heterocycles. The molecule has 1 aliphatic rings. The molecule has 0 spiro atoms. The average molecular weight is 985 g/mol. The van der Waals surface area contributed by atoms with Crippen LogP contribution < -0.4 is 31.3 Å². The highest BCUT2D eigenvalue weighted by molar-refractivity contribution is 6.09. The summed E-state index contributed by atoms with van der Waals surface area (Å²) >= 11 is 0. The van der Waals surface area contributed by atoms with Gasteiger partial charge in [-0.05, 0) is 83.4 Å². The number of nitrogens with zero attached hydrogens (tertiary/aromatic N) is 3. The number of amides is 8. The Labute approximate surface area is 413 Å². The third-order valence-corrected chi connectivity index (χ3v) is 13.2. The van der Waals surface area contributed by atoms with E-state index in [1.807, 2.05) is 13.8 Å². The molecule has 1 saturated heterocycles. The lowest BCUT2D eigenvalue weighted by molar-refractivity contribution is -0.163. The van der Waals surface area contributed by atoms with Crippen LogP contribution in [0.3, 0.4) is 0 Å². The number of benzene rings is 1. The number of carbonyl (C=O) groups excluding carboxylic acids is 10. The molecule has 0 unspecified atom stereocenters. The molecule has 20 nitrogen and oxygen atoms in total. The van der Waals surface area contributed by atoms with E-state index in [-0.39, 0.29) is 25.2 Å². The van der Waals surface area contributed by atoms with E-state index in [2.05, 4.69) is 26.6 Å². The smallest absolute Gasteiger partial charge is 0.311 e. The van der Waals surface area contributed by atoms with Gasteiger partial charge in [0.25, 0.3) is 5.91 Å². The van der Waals surface area contributed by atoms with Crippen molar-refractivity contribution in [2.24, 2.45) is 29.1 Å². The van der Waals surface area contributed by atoms with Crippen LogP contribution in [0.4, 0.5) is 0 Å². The van der Waals surface area contributed by atoms with Gasteiger partial charge in [0.05, 0.1) is 32.2 Å². The maximum absolute atomic E-state index is 14.6. The standard InChI is InChI=1S/C50H80N8O12/c1-17-29(7)41-46(65)52-25-38(59)56(13)36(23-27(3)4)44(63)51-26-39(60)58(15)40(28(5)6)47(66)57(14)37(24-33-19-21-34(69-16)22-20-33)45(64)53-31(9)42(61)50(11,12)49(68)54-32(10)43(62)55-35(18-2)30(8)48(67)70-41/h19-22,27-32,35-37,40-41H,17-18,23-26H2,1-16H3,(H,51,63)(H,52,65)(H,53,64)(H,54,68)(H,55,62)/t29-,30+,31-,32+,35-,36+,37+,40+,41+/m1/s1. The van der Waals surface area contributed by atoms with Crippen molar-refractivity contribution >= 4 is 59.0 Å². The minimum atomic E-state index is -1.79. The zero-order valence-electron chi connectivity index (χ0n) is 44.1. The van der Waals surface area contributed by atoms with Crippen LogP contribution in [0.15, 0.2) is 24.3 Å². The lowest BCUT2D eigenvalue weighted by atomic mass is 9.83. The van der Waals surface area contributed by atoms with Crippen molar-refractivity contribution in [1.82, 2.24) is 41.3 Å². The molecule has 1 aromatic rings. The molecule has 1 fully saturated rings. The monoisotopic (exact) mass is 985 g/mol. The van der Waals surface area contributed by atoms with Crippen LogP contribution in [0.25, 0.3) is 0 Å². The number of cyclic esters (lactones) is 1. The van der Waals surface area contributed by atoms with Gasteiger partial charge in [-0.15, -0.1) is 0 Å². The molecule has 0 aromatic heterocycles. The Morgan fingerprint density at radius 3 is 1.77 bits per heavy atom. The second kappa shape index (κ2) is 26.8. The fourth-order valence-electron chi connectivity index (χ4n) is 8.06. The second-order valence-corrected chi connectivity index (χ2v) is 19.8. The fraction of sp³-hybridized carbons (Fsp3) is 0.680. The molecule has 0 saturated carbocycles. The van der Waals surface area contributed by atoms with Crippen molar-refractivity contribution in [3.8, 4) is 5.75 Å². The van der Waals surface area contributed by atoms with Gasteiger partial charge in [-0.25, -0.2) is 0 Å². The Balaban J connectivity index is 2.68. The van der Waals surface area contributed by atoms with E-state index in [4.69, 9.17) is 9.47 Å². The van der Waals surface area contributed by atoms with Crippen LogP contribution in [0, 0.1) is 29.1 Å². The van der Waals surface area contributed by atoms with E-state index in [0.717, 1.165) is 0 Å². The van der Waals surface area contributed by atoms with Gasteiger partial charge in [0.1, 0.15) is 35.3 Å². The van der Waals surface area contributed by atoms with Crippen LogP contribution in [-0.2, 0) is 59.1 Å². The van der Waals surface area contributed by atoms with Gasteiger partial charge in [-0.2, -0.15) is 0 Å². The number of methoxy groups -OCH3 is 1. The quantitative estimate of drug-likeness (QED) is 0.175. The van der Waals surface area contributed by atoms with E-state index in [1.165, 1.54) is 77.6 Å². The maximum Gasteiger partial charge on any atom is 0.311 e. The molecule has 2 rings (SSSR count). The van der Waals surface area contributed by atoms with Crippen LogP contribution >= 0.6 is 0 Å². The number of nitrogens with one attached hydrogen (secondary N) is 5. The summed E-state index contributed by atoms with van der Waals surface area (Å²) in [5.74, 6) is -8.57. The summed E-state index contributed by atoms with van der Waals surface area (Å²) in [6.45, 7) is 18.3. The minimum Gasteiger partial charge on any atom is -0.497 e. The maximum atomic E-state index is 14.6. The number of hydrogen-bond donors (Lipinski definition) is 5. The van der Waals surface area contributed by atoms with Gasteiger partial charge >= 0.3 is 5.97 Å². The average Bonchev–Trinajstić information content (AvgIpc) is 3.31. The molecule has 0 bridgehead atoms. The van der Waals surface area contributed by atoms with Gasteiger partial charge in [0, 0.05) is 39.5 Å². The third kappa shape index (κ3) is 16.0. The molecule has 70 heavy (non-hydrogen) atoms. The summed E-state index contributed by atoms with van der Waals surface area (Å²) in [6.07, 6.45) is -0.501. The molecular weight excluding hydrogens is 905 g/mol. The Bertz CT molecular complexity index is 2040. The van der Waals surface area contributed by atoms with Crippen molar-refractivity contribution in [3.05, 3.63) is 29.8 Å². The third-order valence-electron chi connectivity index (χ3n) is 13.2. The van der Waals surface area contributed by atoms with Crippen molar-refractivity contribution in [2.75, 3.05) is 41.3 Å². The number of ether oxygens (including phenoxy) is 2. The van der Waals surface area contributed by atoms with E-state index in [0.29, 0.717) is 17.7 Å². The first-order valence-electron chi connectivity index (χ1n) is 24.2. The zero-order valence-corrected chi connectivity index (χ0v) is 44.1. The normalized spacial score (nSPS) is 26.7. The summed E-state index contributed by atoms with van der Waals surface area (Å²) < 4.78 is 11.0. The van der Waals surface area contributed by atoms with Crippen LogP contribution in [-0.4, -0.2) is 157 Å². The number of Topliss-reactive ketones (excluding diaryl/α,β-unsaturated/α-hetero) is 1. The topological polar surface area (TPSA) is 259 Å². The summed E-state index contributed by atoms with van der Waals surface area (Å²) in [7, 11) is 5.72. The highest BCUT2D eigenvalue weighted by Crippen LogP contribution is 2.23. The van der Waals surface area contributed by atoms with E-state index in [9.17, 15) is 47.9 Å². The molecule has 5 N–H and O–H groups in total. The first kappa shape index (κ1) is 60.0. The number of likely N-dealkylation sites (N-methyl/N-ethyl adjacent to an activating group) is 3. The molecule has 20 heteroatoms. The molecule has 0 radical (unpaired) electrons.